The quantitative estimate of drug-likeness (QED) is 0.451. The van der Waals surface area contributed by atoms with Crippen LogP contribution in [0.15, 0.2) is 89.7 Å². The Balaban J connectivity index is 1.22. The number of aromatic nitrogens is 2. The van der Waals surface area contributed by atoms with Crippen LogP contribution in [0.5, 0.6) is 0 Å². The summed E-state index contributed by atoms with van der Waals surface area (Å²) in [5, 5.41) is 2.84. The van der Waals surface area contributed by atoms with Crippen LogP contribution in [0.2, 0.25) is 0 Å². The second-order valence-corrected chi connectivity index (χ2v) is 9.19. The van der Waals surface area contributed by atoms with Crippen LogP contribution in [0.4, 0.5) is 11.4 Å². The SMILES string of the molecule is Cc1c(NC(=O)c2ccc(CN3CCN(c4ccccc4)CC3)cc2)c(=O)n(-c2ccccc2)n1C. The summed E-state index contributed by atoms with van der Waals surface area (Å²) in [5.74, 6) is -0.288. The third-order valence-corrected chi connectivity index (χ3v) is 6.91. The van der Waals surface area contributed by atoms with Gasteiger partial charge in [-0.05, 0) is 48.9 Å². The number of rotatable bonds is 6. The zero-order valence-corrected chi connectivity index (χ0v) is 20.7. The fraction of sp³-hybridized carbons (Fsp3) is 0.241. The van der Waals surface area contributed by atoms with Gasteiger partial charge in [-0.3, -0.25) is 19.2 Å². The number of carbonyl (C=O) groups excluding carboxylic acids is 1. The van der Waals surface area contributed by atoms with Gasteiger partial charge in [0.25, 0.3) is 11.5 Å². The number of nitrogens with one attached hydrogen (secondary N) is 1. The Labute approximate surface area is 211 Å². The van der Waals surface area contributed by atoms with Gasteiger partial charge in [0.05, 0.1) is 11.4 Å². The Bertz CT molecular complexity index is 1380. The summed E-state index contributed by atoms with van der Waals surface area (Å²) in [6.07, 6.45) is 0. The molecular weight excluding hydrogens is 450 g/mol. The number of nitrogens with zero attached hydrogens (tertiary/aromatic N) is 4. The van der Waals surface area contributed by atoms with Crippen molar-refractivity contribution in [2.75, 3.05) is 36.4 Å². The molecule has 5 rings (SSSR count). The normalized spacial score (nSPS) is 14.1. The molecule has 1 amide bonds. The second-order valence-electron chi connectivity index (χ2n) is 9.19. The molecule has 7 nitrogen and oxygen atoms in total. The summed E-state index contributed by atoms with van der Waals surface area (Å²) < 4.78 is 3.32. The molecule has 1 aliphatic rings. The van der Waals surface area contributed by atoms with Gasteiger partial charge in [-0.2, -0.15) is 0 Å². The van der Waals surface area contributed by atoms with E-state index in [1.54, 1.807) is 9.36 Å². The van der Waals surface area contributed by atoms with E-state index >= 15 is 0 Å². The van der Waals surface area contributed by atoms with Crippen LogP contribution in [0.25, 0.3) is 5.69 Å². The van der Waals surface area contributed by atoms with E-state index in [0.717, 1.165) is 38.4 Å². The van der Waals surface area contributed by atoms with Crippen LogP contribution in [-0.4, -0.2) is 46.3 Å². The molecule has 1 aromatic heterocycles. The highest BCUT2D eigenvalue weighted by Gasteiger charge is 2.20. The zero-order chi connectivity index (χ0) is 25.1. The van der Waals surface area contributed by atoms with E-state index in [2.05, 4.69) is 39.4 Å². The molecule has 0 aliphatic carbocycles. The molecule has 0 spiro atoms. The topological polar surface area (TPSA) is 62.5 Å². The lowest BCUT2D eigenvalue weighted by molar-refractivity contribution is 0.102. The van der Waals surface area contributed by atoms with Crippen molar-refractivity contribution in [3.8, 4) is 5.69 Å². The summed E-state index contributed by atoms with van der Waals surface area (Å²) in [6.45, 7) is 6.68. The first-order chi connectivity index (χ1) is 17.5. The highest BCUT2D eigenvalue weighted by molar-refractivity contribution is 6.04. The molecule has 0 unspecified atom stereocenters. The first kappa shape index (κ1) is 23.6. The number of hydrogen-bond acceptors (Lipinski definition) is 4. The standard InChI is InChI=1S/C29H31N5O2/c1-22-27(29(36)34(31(22)2)26-11-7-4-8-12-26)30-28(35)24-15-13-23(14-16-24)21-32-17-19-33(20-18-32)25-9-5-3-6-10-25/h3-16H,17-21H2,1-2H3,(H,30,35). The Morgan fingerprint density at radius 2 is 1.39 bits per heavy atom. The molecule has 4 aromatic rings. The lowest BCUT2D eigenvalue weighted by Crippen LogP contribution is -2.45. The fourth-order valence-corrected chi connectivity index (χ4v) is 4.72. The molecule has 0 atom stereocenters. The van der Waals surface area contributed by atoms with Crippen LogP contribution in [0.3, 0.4) is 0 Å². The van der Waals surface area contributed by atoms with Gasteiger partial charge in [0, 0.05) is 51.0 Å². The monoisotopic (exact) mass is 481 g/mol. The van der Waals surface area contributed by atoms with Crippen molar-refractivity contribution in [3.63, 3.8) is 0 Å². The molecule has 1 fully saturated rings. The van der Waals surface area contributed by atoms with Crippen molar-refractivity contribution >= 4 is 17.3 Å². The van der Waals surface area contributed by atoms with E-state index in [1.165, 1.54) is 11.3 Å². The summed E-state index contributed by atoms with van der Waals surface area (Å²) in [7, 11) is 1.81. The minimum absolute atomic E-state index is 0.249. The molecule has 0 bridgehead atoms. The van der Waals surface area contributed by atoms with Crippen molar-refractivity contribution in [2.24, 2.45) is 7.05 Å². The predicted octanol–water partition coefficient (Wildman–Crippen LogP) is 4.06. The number of carbonyl (C=O) groups is 1. The maximum absolute atomic E-state index is 13.1. The minimum Gasteiger partial charge on any atom is -0.369 e. The average Bonchev–Trinajstić information content (AvgIpc) is 3.13. The van der Waals surface area contributed by atoms with E-state index in [0.29, 0.717) is 16.9 Å². The summed E-state index contributed by atoms with van der Waals surface area (Å²) in [4.78, 5) is 30.9. The number of piperazine rings is 1. The van der Waals surface area contributed by atoms with Crippen molar-refractivity contribution in [1.82, 2.24) is 14.3 Å². The summed E-state index contributed by atoms with van der Waals surface area (Å²) in [6, 6.07) is 27.6. The van der Waals surface area contributed by atoms with Crippen LogP contribution in [0, 0.1) is 6.92 Å². The number of benzene rings is 3. The van der Waals surface area contributed by atoms with E-state index in [1.807, 2.05) is 74.6 Å². The number of hydrogen-bond donors (Lipinski definition) is 1. The first-order valence-corrected chi connectivity index (χ1v) is 12.3. The average molecular weight is 482 g/mol. The van der Waals surface area contributed by atoms with Gasteiger partial charge in [-0.25, -0.2) is 4.68 Å². The predicted molar refractivity (Wildman–Crippen MR) is 144 cm³/mol. The maximum atomic E-state index is 13.1. The van der Waals surface area contributed by atoms with Crippen molar-refractivity contribution in [1.29, 1.82) is 0 Å². The van der Waals surface area contributed by atoms with Crippen LogP contribution >= 0.6 is 0 Å². The molecule has 2 heterocycles. The van der Waals surface area contributed by atoms with E-state index in [4.69, 9.17) is 0 Å². The fourth-order valence-electron chi connectivity index (χ4n) is 4.72. The van der Waals surface area contributed by atoms with Crippen LogP contribution in [-0.2, 0) is 13.6 Å². The lowest BCUT2D eigenvalue weighted by Gasteiger charge is -2.36. The van der Waals surface area contributed by atoms with Crippen molar-refractivity contribution < 1.29 is 4.79 Å². The maximum Gasteiger partial charge on any atom is 0.295 e. The van der Waals surface area contributed by atoms with Crippen LogP contribution in [0.1, 0.15) is 21.6 Å². The summed E-state index contributed by atoms with van der Waals surface area (Å²) in [5.41, 5.74) is 4.47. The van der Waals surface area contributed by atoms with Gasteiger partial charge in [0.1, 0.15) is 5.69 Å². The Hall–Kier alpha value is -4.10. The van der Waals surface area contributed by atoms with Gasteiger partial charge < -0.3 is 10.2 Å². The van der Waals surface area contributed by atoms with Gasteiger partial charge in [-0.15, -0.1) is 0 Å². The van der Waals surface area contributed by atoms with Crippen LogP contribution < -0.4 is 15.8 Å². The third-order valence-electron chi connectivity index (χ3n) is 6.91. The first-order valence-electron chi connectivity index (χ1n) is 12.3. The number of para-hydroxylation sites is 2. The largest absolute Gasteiger partial charge is 0.369 e. The minimum atomic E-state index is -0.288. The summed E-state index contributed by atoms with van der Waals surface area (Å²) >= 11 is 0. The molecule has 0 radical (unpaired) electrons. The van der Waals surface area contributed by atoms with E-state index in [9.17, 15) is 9.59 Å². The molecular formula is C29H31N5O2. The Morgan fingerprint density at radius 1 is 0.806 bits per heavy atom. The molecule has 1 aliphatic heterocycles. The smallest absolute Gasteiger partial charge is 0.295 e. The molecule has 3 aromatic carbocycles. The molecule has 1 saturated heterocycles. The molecule has 36 heavy (non-hydrogen) atoms. The number of amides is 1. The van der Waals surface area contributed by atoms with Gasteiger partial charge in [0.2, 0.25) is 0 Å². The molecule has 0 saturated carbocycles. The zero-order valence-electron chi connectivity index (χ0n) is 20.7. The van der Waals surface area contributed by atoms with Crippen molar-refractivity contribution in [2.45, 2.75) is 13.5 Å². The Kier molecular flexibility index (Phi) is 6.73. The number of anilines is 2. The van der Waals surface area contributed by atoms with Gasteiger partial charge >= 0.3 is 0 Å². The highest BCUT2D eigenvalue weighted by atomic mass is 16.2. The van der Waals surface area contributed by atoms with Gasteiger partial charge in [-0.1, -0.05) is 48.5 Å². The molecule has 1 N–H and O–H groups in total. The molecule has 7 heteroatoms. The lowest BCUT2D eigenvalue weighted by atomic mass is 10.1. The molecule has 184 valence electrons. The van der Waals surface area contributed by atoms with E-state index in [-0.39, 0.29) is 11.5 Å². The highest BCUT2D eigenvalue weighted by Crippen LogP contribution is 2.18. The van der Waals surface area contributed by atoms with Crippen molar-refractivity contribution in [3.05, 3.63) is 112 Å². The van der Waals surface area contributed by atoms with Gasteiger partial charge in [0.15, 0.2) is 0 Å². The second kappa shape index (κ2) is 10.3. The van der Waals surface area contributed by atoms with E-state index < -0.39 is 0 Å². The third kappa shape index (κ3) is 4.83. The Morgan fingerprint density at radius 3 is 2.00 bits per heavy atom.